The zero-order valence-corrected chi connectivity index (χ0v) is 9.74. The van der Waals surface area contributed by atoms with E-state index in [-0.39, 0.29) is 12.0 Å². The highest BCUT2D eigenvalue weighted by Crippen LogP contribution is 2.12. The van der Waals surface area contributed by atoms with Crippen molar-refractivity contribution in [2.24, 2.45) is 11.7 Å². The van der Waals surface area contributed by atoms with Crippen molar-refractivity contribution in [2.75, 3.05) is 26.2 Å². The molecule has 1 aliphatic rings. The number of nitrogens with zero attached hydrogens (tertiary/aromatic N) is 1. The zero-order chi connectivity index (χ0) is 11.3. The first-order chi connectivity index (χ1) is 7.17. The van der Waals surface area contributed by atoms with Gasteiger partial charge in [0.05, 0.1) is 12.7 Å². The van der Waals surface area contributed by atoms with E-state index in [2.05, 4.69) is 13.8 Å². The number of ether oxygens (including phenoxy) is 1. The molecule has 88 valence electrons. The Bertz CT molecular complexity index is 209. The fourth-order valence-electron chi connectivity index (χ4n) is 1.66. The van der Waals surface area contributed by atoms with E-state index in [1.54, 1.807) is 0 Å². The van der Waals surface area contributed by atoms with Crippen LogP contribution in [0.3, 0.4) is 0 Å². The maximum absolute atomic E-state index is 11.9. The number of carbonyl (C=O) groups excluding carboxylic acids is 1. The molecule has 0 saturated carbocycles. The largest absolute Gasteiger partial charge is 0.373 e. The van der Waals surface area contributed by atoms with Gasteiger partial charge in [-0.25, -0.2) is 0 Å². The van der Waals surface area contributed by atoms with Crippen LogP contribution >= 0.6 is 0 Å². The normalized spacial score (nSPS) is 23.9. The molecule has 0 radical (unpaired) electrons. The maximum atomic E-state index is 11.9. The highest BCUT2D eigenvalue weighted by Gasteiger charge is 2.23. The van der Waals surface area contributed by atoms with Crippen molar-refractivity contribution in [3.05, 3.63) is 0 Å². The molecule has 0 bridgehead atoms. The van der Waals surface area contributed by atoms with Gasteiger partial charge in [-0.15, -0.1) is 0 Å². The lowest BCUT2D eigenvalue weighted by Gasteiger charge is -2.33. The van der Waals surface area contributed by atoms with E-state index in [0.29, 0.717) is 38.6 Å². The van der Waals surface area contributed by atoms with E-state index in [9.17, 15) is 4.79 Å². The summed E-state index contributed by atoms with van der Waals surface area (Å²) < 4.78 is 5.42. The van der Waals surface area contributed by atoms with Crippen LogP contribution in [0.5, 0.6) is 0 Å². The van der Waals surface area contributed by atoms with Gasteiger partial charge >= 0.3 is 0 Å². The summed E-state index contributed by atoms with van der Waals surface area (Å²) >= 11 is 0. The first kappa shape index (κ1) is 12.5. The Morgan fingerprint density at radius 3 is 3.00 bits per heavy atom. The second-order valence-electron chi connectivity index (χ2n) is 4.29. The second kappa shape index (κ2) is 6.08. The van der Waals surface area contributed by atoms with Gasteiger partial charge in [0.1, 0.15) is 0 Å². The minimum Gasteiger partial charge on any atom is -0.373 e. The molecule has 2 N–H and O–H groups in total. The number of amides is 1. The number of hydrogen-bond donors (Lipinski definition) is 1. The average Bonchev–Trinajstić information content (AvgIpc) is 2.28. The third-order valence-corrected chi connectivity index (χ3v) is 2.97. The van der Waals surface area contributed by atoms with Crippen LogP contribution in [0.1, 0.15) is 26.7 Å². The molecule has 15 heavy (non-hydrogen) atoms. The molecule has 0 aromatic heterocycles. The molecule has 2 atom stereocenters. The van der Waals surface area contributed by atoms with Crippen molar-refractivity contribution in [2.45, 2.75) is 32.8 Å². The lowest BCUT2D eigenvalue weighted by molar-refractivity contribution is -0.139. The van der Waals surface area contributed by atoms with Gasteiger partial charge in [0.25, 0.3) is 0 Å². The third kappa shape index (κ3) is 3.80. The highest BCUT2D eigenvalue weighted by molar-refractivity contribution is 5.76. The fourth-order valence-corrected chi connectivity index (χ4v) is 1.66. The van der Waals surface area contributed by atoms with Gasteiger partial charge in [-0.3, -0.25) is 4.79 Å². The molecule has 1 rings (SSSR count). The van der Waals surface area contributed by atoms with Crippen molar-refractivity contribution in [1.29, 1.82) is 0 Å². The van der Waals surface area contributed by atoms with Gasteiger partial charge in [-0.1, -0.05) is 20.3 Å². The predicted molar refractivity (Wildman–Crippen MR) is 59.4 cm³/mol. The Kier molecular flexibility index (Phi) is 5.05. The highest BCUT2D eigenvalue weighted by atomic mass is 16.5. The Labute approximate surface area is 91.8 Å². The summed E-state index contributed by atoms with van der Waals surface area (Å²) in [6.45, 7) is 6.71. The van der Waals surface area contributed by atoms with E-state index in [1.807, 2.05) is 4.90 Å². The van der Waals surface area contributed by atoms with Crippen LogP contribution in [-0.2, 0) is 9.53 Å². The summed E-state index contributed by atoms with van der Waals surface area (Å²) in [6, 6.07) is 0. The van der Waals surface area contributed by atoms with Crippen molar-refractivity contribution in [3.63, 3.8) is 0 Å². The molecule has 0 aliphatic carbocycles. The third-order valence-electron chi connectivity index (χ3n) is 2.97. The molecule has 1 amide bonds. The van der Waals surface area contributed by atoms with E-state index >= 15 is 0 Å². The smallest absolute Gasteiger partial charge is 0.223 e. The minimum absolute atomic E-state index is 0.0274. The van der Waals surface area contributed by atoms with Crippen LogP contribution < -0.4 is 5.73 Å². The van der Waals surface area contributed by atoms with Gasteiger partial charge in [0.2, 0.25) is 5.91 Å². The maximum Gasteiger partial charge on any atom is 0.223 e. The van der Waals surface area contributed by atoms with Crippen molar-refractivity contribution < 1.29 is 9.53 Å². The number of nitrogens with two attached hydrogens (primary N) is 1. The summed E-state index contributed by atoms with van der Waals surface area (Å²) in [5.41, 5.74) is 5.53. The zero-order valence-electron chi connectivity index (χ0n) is 9.74. The van der Waals surface area contributed by atoms with Crippen LogP contribution in [0, 0.1) is 5.92 Å². The quantitative estimate of drug-likeness (QED) is 0.746. The summed E-state index contributed by atoms with van der Waals surface area (Å²) in [7, 11) is 0. The lowest BCUT2D eigenvalue weighted by atomic mass is 10.0. The van der Waals surface area contributed by atoms with Crippen LogP contribution in [0.4, 0.5) is 0 Å². The topological polar surface area (TPSA) is 55.6 Å². The van der Waals surface area contributed by atoms with Crippen LogP contribution in [0.15, 0.2) is 0 Å². The molecule has 1 aliphatic heterocycles. The van der Waals surface area contributed by atoms with Gasteiger partial charge in [0.15, 0.2) is 0 Å². The average molecular weight is 214 g/mol. The minimum atomic E-state index is 0.0274. The number of rotatable bonds is 4. The summed E-state index contributed by atoms with van der Waals surface area (Å²) in [6.07, 6.45) is 1.73. The van der Waals surface area contributed by atoms with E-state index in [1.165, 1.54) is 0 Å². The number of hydrogen-bond acceptors (Lipinski definition) is 3. The van der Waals surface area contributed by atoms with Crippen molar-refractivity contribution in [1.82, 2.24) is 4.90 Å². The first-order valence-corrected chi connectivity index (χ1v) is 5.76. The standard InChI is InChI=1S/C11H22N2O2/c1-3-9(2)6-11(14)13-4-5-15-10(7-12)8-13/h9-10H,3-8,12H2,1-2H3. The van der Waals surface area contributed by atoms with Crippen LogP contribution in [-0.4, -0.2) is 43.2 Å². The van der Waals surface area contributed by atoms with Crippen LogP contribution in [0.2, 0.25) is 0 Å². The van der Waals surface area contributed by atoms with E-state index in [0.717, 1.165) is 6.42 Å². The predicted octanol–water partition coefficient (Wildman–Crippen LogP) is 0.609. The molecule has 1 heterocycles. The Balaban J connectivity index is 2.38. The molecule has 1 saturated heterocycles. The molecular weight excluding hydrogens is 192 g/mol. The van der Waals surface area contributed by atoms with Gasteiger partial charge in [-0.2, -0.15) is 0 Å². The van der Waals surface area contributed by atoms with E-state index in [4.69, 9.17) is 10.5 Å². The summed E-state index contributed by atoms with van der Waals surface area (Å²) in [5, 5.41) is 0. The fraction of sp³-hybridized carbons (Fsp3) is 0.909. The monoisotopic (exact) mass is 214 g/mol. The molecular formula is C11H22N2O2. The number of carbonyl (C=O) groups is 1. The second-order valence-corrected chi connectivity index (χ2v) is 4.29. The molecule has 0 spiro atoms. The molecule has 4 heteroatoms. The van der Waals surface area contributed by atoms with Gasteiger partial charge < -0.3 is 15.4 Å². The van der Waals surface area contributed by atoms with Crippen molar-refractivity contribution >= 4 is 5.91 Å². The van der Waals surface area contributed by atoms with Crippen molar-refractivity contribution in [3.8, 4) is 0 Å². The first-order valence-electron chi connectivity index (χ1n) is 5.76. The van der Waals surface area contributed by atoms with Crippen LogP contribution in [0.25, 0.3) is 0 Å². The summed E-state index contributed by atoms with van der Waals surface area (Å²) in [5.74, 6) is 0.711. The molecule has 4 nitrogen and oxygen atoms in total. The van der Waals surface area contributed by atoms with Gasteiger partial charge in [-0.05, 0) is 5.92 Å². The molecule has 2 unspecified atom stereocenters. The summed E-state index contributed by atoms with van der Waals surface area (Å²) in [4.78, 5) is 13.7. The SMILES string of the molecule is CCC(C)CC(=O)N1CCOC(CN)C1. The lowest BCUT2D eigenvalue weighted by Crippen LogP contribution is -2.48. The molecule has 1 fully saturated rings. The van der Waals surface area contributed by atoms with E-state index < -0.39 is 0 Å². The Morgan fingerprint density at radius 1 is 1.67 bits per heavy atom. The Hall–Kier alpha value is -0.610. The van der Waals surface area contributed by atoms with Gasteiger partial charge in [0, 0.05) is 26.1 Å². The Morgan fingerprint density at radius 2 is 2.40 bits per heavy atom. The molecule has 0 aromatic carbocycles. The molecule has 0 aromatic rings. The number of morpholine rings is 1.